The maximum atomic E-state index is 13.4. The molecule has 1 aliphatic rings. The highest BCUT2D eigenvalue weighted by molar-refractivity contribution is 6.20. The number of fused-ring (bicyclic) bond motifs is 1. The number of imidazole rings is 1. The highest BCUT2D eigenvalue weighted by Gasteiger charge is 2.28. The van der Waals surface area contributed by atoms with Crippen molar-refractivity contribution in [1.29, 1.82) is 0 Å². The average molecular weight is 310 g/mol. The van der Waals surface area contributed by atoms with Crippen molar-refractivity contribution < 1.29 is 9.18 Å². The van der Waals surface area contributed by atoms with E-state index in [9.17, 15) is 9.18 Å². The number of carbonyl (C=O) groups excluding carboxylic acids is 1. The van der Waals surface area contributed by atoms with Crippen LogP contribution in [0.2, 0.25) is 0 Å². The summed E-state index contributed by atoms with van der Waals surface area (Å²) < 4.78 is 15.2. The predicted octanol–water partition coefficient (Wildman–Crippen LogP) is 3.31. The summed E-state index contributed by atoms with van der Waals surface area (Å²) in [7, 11) is 0. The Kier molecular flexibility index (Phi) is 3.61. The molecule has 4 nitrogen and oxygen atoms in total. The lowest BCUT2D eigenvalue weighted by Crippen LogP contribution is -2.33. The first-order valence-electron chi connectivity index (χ1n) is 7.09. The summed E-state index contributed by atoms with van der Waals surface area (Å²) in [6.45, 7) is 3.60. The first-order chi connectivity index (χ1) is 9.97. The summed E-state index contributed by atoms with van der Waals surface area (Å²) in [5.74, 6) is 0.173. The van der Waals surface area contributed by atoms with Crippen LogP contribution in [-0.4, -0.2) is 21.5 Å². The zero-order valence-electron chi connectivity index (χ0n) is 11.9. The number of aromatic nitrogens is 2. The number of hydrogen-bond acceptors (Lipinski definition) is 2. The van der Waals surface area contributed by atoms with Crippen molar-refractivity contribution in [2.45, 2.75) is 44.1 Å². The van der Waals surface area contributed by atoms with Gasteiger partial charge in [-0.2, -0.15) is 0 Å². The van der Waals surface area contributed by atoms with Gasteiger partial charge in [0.1, 0.15) is 17.7 Å². The van der Waals surface area contributed by atoms with Crippen LogP contribution < -0.4 is 5.32 Å². The fourth-order valence-corrected chi connectivity index (χ4v) is 2.60. The molecule has 2 atom stereocenters. The Hall–Kier alpha value is -1.62. The van der Waals surface area contributed by atoms with Crippen LogP contribution in [0.4, 0.5) is 4.39 Å². The van der Waals surface area contributed by atoms with Crippen molar-refractivity contribution in [3.8, 4) is 0 Å². The van der Waals surface area contributed by atoms with E-state index >= 15 is 0 Å². The van der Waals surface area contributed by atoms with Gasteiger partial charge in [-0.25, -0.2) is 9.37 Å². The smallest absolute Gasteiger partial charge is 0.243 e. The number of alkyl halides is 1. The molecule has 1 amide bonds. The molecule has 1 heterocycles. The van der Waals surface area contributed by atoms with Crippen LogP contribution >= 0.6 is 11.6 Å². The van der Waals surface area contributed by atoms with Crippen LogP contribution in [0.15, 0.2) is 18.2 Å². The zero-order chi connectivity index (χ0) is 15.1. The molecule has 0 saturated heterocycles. The van der Waals surface area contributed by atoms with Crippen molar-refractivity contribution in [3.63, 3.8) is 0 Å². The van der Waals surface area contributed by atoms with Crippen molar-refractivity contribution in [3.05, 3.63) is 29.8 Å². The van der Waals surface area contributed by atoms with Gasteiger partial charge in [-0.1, -0.05) is 0 Å². The molecule has 112 valence electrons. The number of carbonyl (C=O) groups is 1. The first-order valence-corrected chi connectivity index (χ1v) is 7.53. The van der Waals surface area contributed by atoms with E-state index in [0.29, 0.717) is 17.4 Å². The molecule has 0 radical (unpaired) electrons. The quantitative estimate of drug-likeness (QED) is 0.881. The Labute approximate surface area is 127 Å². The molecule has 1 N–H and O–H groups in total. The van der Waals surface area contributed by atoms with E-state index in [0.717, 1.165) is 18.4 Å². The largest absolute Gasteiger partial charge is 0.352 e. The minimum Gasteiger partial charge on any atom is -0.352 e. The fourth-order valence-electron chi connectivity index (χ4n) is 2.44. The van der Waals surface area contributed by atoms with Crippen molar-refractivity contribution in [2.75, 3.05) is 0 Å². The maximum Gasteiger partial charge on any atom is 0.243 e. The third kappa shape index (κ3) is 2.75. The molecule has 2 aromatic rings. The van der Waals surface area contributed by atoms with Crippen LogP contribution in [0.25, 0.3) is 11.0 Å². The fraction of sp³-hybridized carbons (Fsp3) is 0.467. The van der Waals surface area contributed by atoms with Crippen molar-refractivity contribution in [2.24, 2.45) is 0 Å². The molecule has 1 saturated carbocycles. The van der Waals surface area contributed by atoms with Gasteiger partial charge >= 0.3 is 0 Å². The van der Waals surface area contributed by atoms with E-state index in [1.54, 1.807) is 17.6 Å². The SMILES string of the molecule is CC(Cl)c1nc2cc(F)ccc2n1C(C)C(=O)NC1CC1. The summed E-state index contributed by atoms with van der Waals surface area (Å²) in [6, 6.07) is 4.23. The van der Waals surface area contributed by atoms with Gasteiger partial charge in [-0.3, -0.25) is 4.79 Å². The lowest BCUT2D eigenvalue weighted by Gasteiger charge is -2.18. The topological polar surface area (TPSA) is 46.9 Å². The van der Waals surface area contributed by atoms with E-state index in [1.807, 2.05) is 6.92 Å². The van der Waals surface area contributed by atoms with Gasteiger partial charge in [0, 0.05) is 12.1 Å². The molecule has 1 aromatic carbocycles. The highest BCUT2D eigenvalue weighted by atomic mass is 35.5. The second-order valence-corrected chi connectivity index (χ2v) is 6.20. The second-order valence-electron chi connectivity index (χ2n) is 5.55. The number of benzene rings is 1. The van der Waals surface area contributed by atoms with Gasteiger partial charge in [0.2, 0.25) is 5.91 Å². The minimum atomic E-state index is -0.433. The third-order valence-electron chi connectivity index (χ3n) is 3.73. The number of amides is 1. The molecule has 2 unspecified atom stereocenters. The molecule has 0 bridgehead atoms. The summed E-state index contributed by atoms with van der Waals surface area (Å²) in [6.07, 6.45) is 2.07. The first kappa shape index (κ1) is 14.3. The standard InChI is InChI=1S/C15H17ClFN3O/c1-8(16)14-19-12-7-10(17)3-6-13(12)20(14)9(2)15(21)18-11-4-5-11/h3,6-9,11H,4-5H2,1-2H3,(H,18,21). The van der Waals surface area contributed by atoms with Crippen LogP contribution in [0.3, 0.4) is 0 Å². The zero-order valence-corrected chi connectivity index (χ0v) is 12.7. The average Bonchev–Trinajstić information content (AvgIpc) is 3.15. The van der Waals surface area contributed by atoms with Crippen LogP contribution in [0.5, 0.6) is 0 Å². The molecular weight excluding hydrogens is 293 g/mol. The normalized spacial score (nSPS) is 17.7. The van der Waals surface area contributed by atoms with E-state index in [2.05, 4.69) is 10.3 Å². The summed E-state index contributed by atoms with van der Waals surface area (Å²) in [4.78, 5) is 16.7. The number of halogens is 2. The van der Waals surface area contributed by atoms with Gasteiger partial charge in [0.25, 0.3) is 0 Å². The Morgan fingerprint density at radius 1 is 1.48 bits per heavy atom. The Morgan fingerprint density at radius 3 is 2.81 bits per heavy atom. The molecule has 1 aromatic heterocycles. The second kappa shape index (κ2) is 5.30. The maximum absolute atomic E-state index is 13.4. The molecule has 1 aliphatic carbocycles. The van der Waals surface area contributed by atoms with Crippen molar-refractivity contribution >= 4 is 28.5 Å². The summed E-state index contributed by atoms with van der Waals surface area (Å²) in [5, 5.41) is 2.62. The van der Waals surface area contributed by atoms with Crippen LogP contribution in [0, 0.1) is 5.82 Å². The Bertz CT molecular complexity index is 694. The highest BCUT2D eigenvalue weighted by Crippen LogP contribution is 2.29. The molecule has 1 fully saturated rings. The number of nitrogens with one attached hydrogen (secondary N) is 1. The van der Waals surface area contributed by atoms with E-state index in [4.69, 9.17) is 11.6 Å². The lowest BCUT2D eigenvalue weighted by atomic mass is 10.2. The van der Waals surface area contributed by atoms with Gasteiger partial charge in [0.15, 0.2) is 0 Å². The Morgan fingerprint density at radius 2 is 2.19 bits per heavy atom. The van der Waals surface area contributed by atoms with E-state index in [-0.39, 0.29) is 17.1 Å². The predicted molar refractivity (Wildman–Crippen MR) is 79.8 cm³/mol. The molecule has 0 aliphatic heterocycles. The molecule has 0 spiro atoms. The Balaban J connectivity index is 2.05. The van der Waals surface area contributed by atoms with Gasteiger partial charge < -0.3 is 9.88 Å². The van der Waals surface area contributed by atoms with Gasteiger partial charge in [0.05, 0.1) is 16.4 Å². The van der Waals surface area contributed by atoms with Crippen LogP contribution in [0.1, 0.15) is 43.9 Å². The third-order valence-corrected chi connectivity index (χ3v) is 3.92. The molecule has 21 heavy (non-hydrogen) atoms. The molecular formula is C15H17ClFN3O. The number of nitrogens with zero attached hydrogens (tertiary/aromatic N) is 2. The van der Waals surface area contributed by atoms with Crippen molar-refractivity contribution in [1.82, 2.24) is 14.9 Å². The lowest BCUT2D eigenvalue weighted by molar-refractivity contribution is -0.124. The minimum absolute atomic E-state index is 0.0558. The monoisotopic (exact) mass is 309 g/mol. The van der Waals surface area contributed by atoms with E-state index in [1.165, 1.54) is 12.1 Å². The van der Waals surface area contributed by atoms with Crippen LogP contribution in [-0.2, 0) is 4.79 Å². The van der Waals surface area contributed by atoms with Gasteiger partial charge in [-0.15, -0.1) is 11.6 Å². The summed E-state index contributed by atoms with van der Waals surface area (Å²) >= 11 is 6.18. The van der Waals surface area contributed by atoms with E-state index < -0.39 is 6.04 Å². The molecule has 3 rings (SSSR count). The number of rotatable bonds is 4. The van der Waals surface area contributed by atoms with Gasteiger partial charge in [-0.05, 0) is 38.8 Å². The molecule has 6 heteroatoms. The summed E-state index contributed by atoms with van der Waals surface area (Å²) in [5.41, 5.74) is 1.24. The number of hydrogen-bond donors (Lipinski definition) is 1.